The lowest BCUT2D eigenvalue weighted by molar-refractivity contribution is -0.169. The summed E-state index contributed by atoms with van der Waals surface area (Å²) in [5.41, 5.74) is -1.79. The topological polar surface area (TPSA) is 63.6 Å². The van der Waals surface area contributed by atoms with Gasteiger partial charge in [-0.15, -0.1) is 0 Å². The van der Waals surface area contributed by atoms with Crippen LogP contribution in [-0.4, -0.2) is 33.6 Å². The summed E-state index contributed by atoms with van der Waals surface area (Å²) in [6, 6.07) is 0. The van der Waals surface area contributed by atoms with Crippen LogP contribution < -0.4 is 0 Å². The SMILES string of the molecule is COC(=O)[C@](C)(O)[C@H](C(=O)SC(C)(C)C)C(C)C. The van der Waals surface area contributed by atoms with Crippen LogP contribution in [0.25, 0.3) is 0 Å². The Kier molecular flexibility index (Phi) is 5.88. The minimum Gasteiger partial charge on any atom is -0.467 e. The summed E-state index contributed by atoms with van der Waals surface area (Å²) in [5, 5.41) is 10.1. The molecule has 0 radical (unpaired) electrons. The molecule has 106 valence electrons. The highest BCUT2D eigenvalue weighted by atomic mass is 32.2. The smallest absolute Gasteiger partial charge is 0.338 e. The van der Waals surface area contributed by atoms with Gasteiger partial charge in [0.2, 0.25) is 0 Å². The molecule has 0 fully saturated rings. The summed E-state index contributed by atoms with van der Waals surface area (Å²) in [7, 11) is 1.20. The molecule has 2 atom stereocenters. The monoisotopic (exact) mass is 276 g/mol. The number of thioether (sulfide) groups is 1. The van der Waals surface area contributed by atoms with Crippen molar-refractivity contribution in [2.75, 3.05) is 7.11 Å². The molecule has 0 aliphatic carbocycles. The molecular weight excluding hydrogens is 252 g/mol. The summed E-state index contributed by atoms with van der Waals surface area (Å²) in [4.78, 5) is 23.9. The zero-order valence-corrected chi connectivity index (χ0v) is 13.1. The minimum absolute atomic E-state index is 0.151. The molecule has 0 saturated carbocycles. The maximum absolute atomic E-state index is 12.3. The van der Waals surface area contributed by atoms with Crippen molar-refractivity contribution in [1.82, 2.24) is 0 Å². The van der Waals surface area contributed by atoms with E-state index in [1.54, 1.807) is 0 Å². The molecule has 0 heterocycles. The lowest BCUT2D eigenvalue weighted by atomic mass is 9.81. The van der Waals surface area contributed by atoms with Crippen molar-refractivity contribution in [1.29, 1.82) is 0 Å². The van der Waals surface area contributed by atoms with Gasteiger partial charge in [0.05, 0.1) is 13.0 Å². The van der Waals surface area contributed by atoms with Gasteiger partial charge >= 0.3 is 5.97 Å². The number of carbonyl (C=O) groups excluding carboxylic acids is 2. The van der Waals surface area contributed by atoms with Crippen molar-refractivity contribution in [3.8, 4) is 0 Å². The Morgan fingerprint density at radius 3 is 1.89 bits per heavy atom. The fourth-order valence-corrected chi connectivity index (χ4v) is 3.08. The molecule has 5 heteroatoms. The third kappa shape index (κ3) is 4.61. The van der Waals surface area contributed by atoms with Gasteiger partial charge in [-0.05, 0) is 12.8 Å². The second kappa shape index (κ2) is 6.06. The maximum Gasteiger partial charge on any atom is 0.338 e. The first-order valence-electron chi connectivity index (χ1n) is 5.97. The highest BCUT2D eigenvalue weighted by Crippen LogP contribution is 2.35. The number of rotatable bonds is 4. The van der Waals surface area contributed by atoms with Gasteiger partial charge in [0, 0.05) is 4.75 Å². The summed E-state index contributed by atoms with van der Waals surface area (Å²) < 4.78 is 4.32. The van der Waals surface area contributed by atoms with Crippen LogP contribution in [0.2, 0.25) is 0 Å². The molecule has 0 spiro atoms. The molecule has 0 rings (SSSR count). The zero-order chi connectivity index (χ0) is 14.7. The van der Waals surface area contributed by atoms with Gasteiger partial charge in [-0.25, -0.2) is 4.79 Å². The lowest BCUT2D eigenvalue weighted by Gasteiger charge is -2.33. The van der Waals surface area contributed by atoms with E-state index in [-0.39, 0.29) is 15.8 Å². The lowest BCUT2D eigenvalue weighted by Crippen LogP contribution is -2.49. The highest BCUT2D eigenvalue weighted by Gasteiger charge is 2.47. The molecule has 0 aromatic carbocycles. The third-order valence-electron chi connectivity index (χ3n) is 2.53. The number of methoxy groups -OCH3 is 1. The van der Waals surface area contributed by atoms with Crippen LogP contribution in [0.4, 0.5) is 0 Å². The van der Waals surface area contributed by atoms with Crippen molar-refractivity contribution in [3.05, 3.63) is 0 Å². The number of aliphatic hydroxyl groups is 1. The highest BCUT2D eigenvalue weighted by molar-refractivity contribution is 8.14. The number of hydrogen-bond acceptors (Lipinski definition) is 5. The number of carbonyl (C=O) groups is 2. The number of hydrogen-bond donors (Lipinski definition) is 1. The average Bonchev–Trinajstić information content (AvgIpc) is 2.11. The minimum atomic E-state index is -1.79. The Bertz CT molecular complexity index is 315. The zero-order valence-electron chi connectivity index (χ0n) is 12.2. The van der Waals surface area contributed by atoms with E-state index in [0.717, 1.165) is 11.8 Å². The van der Waals surface area contributed by atoms with Crippen molar-refractivity contribution in [2.45, 2.75) is 51.9 Å². The molecule has 0 unspecified atom stereocenters. The molecular formula is C13H24O4S. The van der Waals surface area contributed by atoms with Crippen LogP contribution >= 0.6 is 11.8 Å². The standard InChI is InChI=1S/C13H24O4S/c1-8(2)9(10(14)18-12(3,4)5)13(6,16)11(15)17-7/h8-9,16H,1-7H3/t9-,13+/m0/s1. The number of esters is 1. The molecule has 1 N–H and O–H groups in total. The van der Waals surface area contributed by atoms with Gasteiger partial charge in [0.15, 0.2) is 10.7 Å². The fourth-order valence-electron chi connectivity index (χ4n) is 1.85. The van der Waals surface area contributed by atoms with E-state index >= 15 is 0 Å². The van der Waals surface area contributed by atoms with E-state index in [4.69, 9.17) is 0 Å². The Hall–Kier alpha value is -0.550. The molecule has 0 aliphatic heterocycles. The summed E-state index contributed by atoms with van der Waals surface area (Å²) in [6.45, 7) is 10.7. The first-order valence-corrected chi connectivity index (χ1v) is 6.78. The molecule has 18 heavy (non-hydrogen) atoms. The van der Waals surface area contributed by atoms with Gasteiger partial charge in [-0.1, -0.05) is 46.4 Å². The third-order valence-corrected chi connectivity index (χ3v) is 3.60. The van der Waals surface area contributed by atoms with Crippen LogP contribution in [0, 0.1) is 11.8 Å². The summed E-state index contributed by atoms with van der Waals surface area (Å²) in [5.74, 6) is -1.71. The second-order valence-corrected chi connectivity index (χ2v) is 7.73. The first-order chi connectivity index (χ1) is 7.93. The normalized spacial score (nSPS) is 17.2. The summed E-state index contributed by atoms with van der Waals surface area (Å²) in [6.07, 6.45) is 0. The van der Waals surface area contributed by atoms with Crippen LogP contribution in [0.3, 0.4) is 0 Å². The molecule has 0 aromatic rings. The number of ether oxygens (including phenoxy) is 1. The largest absolute Gasteiger partial charge is 0.467 e. The van der Waals surface area contributed by atoms with E-state index in [9.17, 15) is 14.7 Å². The summed E-state index contributed by atoms with van der Waals surface area (Å²) >= 11 is 1.14. The van der Waals surface area contributed by atoms with Crippen LogP contribution in [0.5, 0.6) is 0 Å². The predicted octanol–water partition coefficient (Wildman–Crippen LogP) is 2.24. The maximum atomic E-state index is 12.3. The predicted molar refractivity (Wildman–Crippen MR) is 73.3 cm³/mol. The Morgan fingerprint density at radius 2 is 1.61 bits per heavy atom. The van der Waals surface area contributed by atoms with Crippen LogP contribution in [-0.2, 0) is 14.3 Å². The van der Waals surface area contributed by atoms with Crippen molar-refractivity contribution >= 4 is 22.8 Å². The van der Waals surface area contributed by atoms with Gasteiger partial charge in [0.25, 0.3) is 0 Å². The van der Waals surface area contributed by atoms with Crippen molar-refractivity contribution < 1.29 is 19.4 Å². The first kappa shape index (κ1) is 17.4. The Morgan fingerprint density at radius 1 is 1.17 bits per heavy atom. The Labute approximate surface area is 113 Å². The van der Waals surface area contributed by atoms with E-state index in [2.05, 4.69) is 4.74 Å². The Balaban J connectivity index is 5.21. The molecule has 0 aromatic heterocycles. The van der Waals surface area contributed by atoms with E-state index in [1.165, 1.54) is 14.0 Å². The molecule has 0 amide bonds. The van der Waals surface area contributed by atoms with Gasteiger partial charge in [0.1, 0.15) is 0 Å². The van der Waals surface area contributed by atoms with Gasteiger partial charge in [-0.2, -0.15) is 0 Å². The average molecular weight is 276 g/mol. The quantitative estimate of drug-likeness (QED) is 0.798. The molecule has 0 aliphatic rings. The van der Waals surface area contributed by atoms with Crippen molar-refractivity contribution in [3.63, 3.8) is 0 Å². The molecule has 0 saturated heterocycles. The van der Waals surface area contributed by atoms with E-state index in [0.29, 0.717) is 0 Å². The van der Waals surface area contributed by atoms with Crippen LogP contribution in [0.15, 0.2) is 0 Å². The second-order valence-electron chi connectivity index (χ2n) is 5.89. The van der Waals surface area contributed by atoms with Gasteiger partial charge in [-0.3, -0.25) is 4.79 Å². The van der Waals surface area contributed by atoms with E-state index in [1.807, 2.05) is 34.6 Å². The molecule has 4 nitrogen and oxygen atoms in total. The van der Waals surface area contributed by atoms with Crippen LogP contribution in [0.1, 0.15) is 41.5 Å². The van der Waals surface area contributed by atoms with E-state index < -0.39 is 17.5 Å². The fraction of sp³-hybridized carbons (Fsp3) is 0.846. The van der Waals surface area contributed by atoms with Crippen molar-refractivity contribution in [2.24, 2.45) is 11.8 Å². The van der Waals surface area contributed by atoms with Gasteiger partial charge < -0.3 is 9.84 Å². The molecule has 0 bridgehead atoms.